The minimum absolute atomic E-state index is 0.0188. The Balaban J connectivity index is 2.34. The molecule has 0 fully saturated rings. The van der Waals surface area contributed by atoms with Crippen LogP contribution in [0.1, 0.15) is 12.5 Å². The fraction of sp³-hybridized carbons (Fsp3) is 0.364. The predicted molar refractivity (Wildman–Crippen MR) is 56.7 cm³/mol. The lowest BCUT2D eigenvalue weighted by atomic mass is 10.2. The van der Waals surface area contributed by atoms with E-state index >= 15 is 0 Å². The molecule has 3 nitrogen and oxygen atoms in total. The van der Waals surface area contributed by atoms with Crippen LogP contribution in [-0.2, 0) is 11.3 Å². The molecule has 1 aromatic rings. The maximum Gasteiger partial charge on any atom is 0.216 e. The third-order valence-electron chi connectivity index (χ3n) is 2.04. The Labute approximate surface area is 92.8 Å². The van der Waals surface area contributed by atoms with Gasteiger partial charge in [0.1, 0.15) is 11.6 Å². The van der Waals surface area contributed by atoms with E-state index in [1.54, 1.807) is 0 Å². The first kappa shape index (κ1) is 12.6. The van der Waals surface area contributed by atoms with Crippen LogP contribution >= 0.6 is 0 Å². The third kappa shape index (κ3) is 3.94. The van der Waals surface area contributed by atoms with E-state index in [-0.39, 0.29) is 18.0 Å². The van der Waals surface area contributed by atoms with Gasteiger partial charge in [0, 0.05) is 32.1 Å². The van der Waals surface area contributed by atoms with Crippen molar-refractivity contribution >= 4 is 5.91 Å². The molecule has 0 aliphatic carbocycles. The van der Waals surface area contributed by atoms with Crippen LogP contribution in [0.5, 0.6) is 0 Å². The zero-order valence-corrected chi connectivity index (χ0v) is 9.02. The molecule has 1 aromatic carbocycles. The lowest BCUT2D eigenvalue weighted by molar-refractivity contribution is -0.118. The van der Waals surface area contributed by atoms with E-state index in [4.69, 9.17) is 0 Å². The number of halogens is 2. The third-order valence-corrected chi connectivity index (χ3v) is 2.04. The van der Waals surface area contributed by atoms with Crippen molar-refractivity contribution in [3.63, 3.8) is 0 Å². The molecule has 1 rings (SSSR count). The van der Waals surface area contributed by atoms with Crippen LogP contribution in [-0.4, -0.2) is 19.0 Å². The van der Waals surface area contributed by atoms with Gasteiger partial charge >= 0.3 is 0 Å². The average molecular weight is 228 g/mol. The number of amides is 1. The SMILES string of the molecule is CC(=O)NCCNCc1c(F)cccc1F. The second-order valence-electron chi connectivity index (χ2n) is 3.36. The first-order chi connectivity index (χ1) is 7.61. The molecule has 0 saturated heterocycles. The summed E-state index contributed by atoms with van der Waals surface area (Å²) in [5.41, 5.74) is 0.0188. The zero-order valence-electron chi connectivity index (χ0n) is 9.02. The van der Waals surface area contributed by atoms with Crippen molar-refractivity contribution in [1.29, 1.82) is 0 Å². The Hall–Kier alpha value is -1.49. The van der Waals surface area contributed by atoms with E-state index in [0.29, 0.717) is 13.1 Å². The molecular formula is C11H14F2N2O. The number of carbonyl (C=O) groups is 1. The molecule has 0 spiro atoms. The Kier molecular flexibility index (Phi) is 4.85. The summed E-state index contributed by atoms with van der Waals surface area (Å²) in [6, 6.07) is 3.76. The van der Waals surface area contributed by atoms with Crippen LogP contribution in [0.25, 0.3) is 0 Å². The summed E-state index contributed by atoms with van der Waals surface area (Å²) in [5.74, 6) is -1.25. The zero-order chi connectivity index (χ0) is 12.0. The highest BCUT2D eigenvalue weighted by atomic mass is 19.1. The van der Waals surface area contributed by atoms with Crippen molar-refractivity contribution in [2.24, 2.45) is 0 Å². The molecule has 5 heteroatoms. The maximum atomic E-state index is 13.1. The molecule has 1 amide bonds. The van der Waals surface area contributed by atoms with Gasteiger partial charge in [-0.3, -0.25) is 4.79 Å². The van der Waals surface area contributed by atoms with Gasteiger partial charge < -0.3 is 10.6 Å². The highest BCUT2D eigenvalue weighted by Crippen LogP contribution is 2.10. The molecule has 0 aliphatic heterocycles. The molecule has 2 N–H and O–H groups in total. The van der Waals surface area contributed by atoms with Crippen LogP contribution in [0, 0.1) is 11.6 Å². The molecular weight excluding hydrogens is 214 g/mol. The summed E-state index contributed by atoms with van der Waals surface area (Å²) >= 11 is 0. The molecule has 0 atom stereocenters. The lowest BCUT2D eigenvalue weighted by Crippen LogP contribution is -2.30. The molecule has 0 unspecified atom stereocenters. The highest BCUT2D eigenvalue weighted by molar-refractivity contribution is 5.72. The lowest BCUT2D eigenvalue weighted by Gasteiger charge is -2.07. The smallest absolute Gasteiger partial charge is 0.216 e. The van der Waals surface area contributed by atoms with Gasteiger partial charge in [-0.2, -0.15) is 0 Å². The number of hydrogen-bond donors (Lipinski definition) is 2. The van der Waals surface area contributed by atoms with E-state index in [1.165, 1.54) is 25.1 Å². The molecule has 88 valence electrons. The number of carbonyl (C=O) groups excluding carboxylic acids is 1. The van der Waals surface area contributed by atoms with E-state index in [1.807, 2.05) is 0 Å². The minimum Gasteiger partial charge on any atom is -0.355 e. The molecule has 0 heterocycles. The summed E-state index contributed by atoms with van der Waals surface area (Å²) < 4.78 is 26.3. The molecule has 0 saturated carbocycles. The van der Waals surface area contributed by atoms with Crippen molar-refractivity contribution in [2.75, 3.05) is 13.1 Å². The van der Waals surface area contributed by atoms with E-state index in [9.17, 15) is 13.6 Å². The van der Waals surface area contributed by atoms with Crippen LogP contribution in [0.3, 0.4) is 0 Å². The summed E-state index contributed by atoms with van der Waals surface area (Å²) in [7, 11) is 0. The second kappa shape index (κ2) is 6.17. The van der Waals surface area contributed by atoms with Crippen molar-refractivity contribution < 1.29 is 13.6 Å². The molecule has 16 heavy (non-hydrogen) atoms. The largest absolute Gasteiger partial charge is 0.355 e. The normalized spacial score (nSPS) is 10.2. The molecule has 0 aliphatic rings. The maximum absolute atomic E-state index is 13.1. The van der Waals surface area contributed by atoms with Crippen molar-refractivity contribution in [3.8, 4) is 0 Å². The quantitative estimate of drug-likeness (QED) is 0.743. The van der Waals surface area contributed by atoms with Gasteiger partial charge in [0.2, 0.25) is 5.91 Å². The van der Waals surface area contributed by atoms with E-state index in [0.717, 1.165) is 0 Å². The molecule has 0 radical (unpaired) electrons. The fourth-order valence-corrected chi connectivity index (χ4v) is 1.24. The molecule has 0 bridgehead atoms. The van der Waals surface area contributed by atoms with Crippen LogP contribution in [0.15, 0.2) is 18.2 Å². The average Bonchev–Trinajstić information content (AvgIpc) is 2.21. The summed E-state index contributed by atoms with van der Waals surface area (Å²) in [6.45, 7) is 2.42. The fourth-order valence-electron chi connectivity index (χ4n) is 1.24. The van der Waals surface area contributed by atoms with Crippen molar-refractivity contribution in [1.82, 2.24) is 10.6 Å². The standard InChI is InChI=1S/C11H14F2N2O/c1-8(16)15-6-5-14-7-9-10(12)3-2-4-11(9)13/h2-4,14H,5-7H2,1H3,(H,15,16). The van der Waals surface area contributed by atoms with Crippen molar-refractivity contribution in [3.05, 3.63) is 35.4 Å². The highest BCUT2D eigenvalue weighted by Gasteiger charge is 2.06. The monoisotopic (exact) mass is 228 g/mol. The Morgan fingerprint density at radius 3 is 2.44 bits per heavy atom. The van der Waals surface area contributed by atoms with Gasteiger partial charge in [0.05, 0.1) is 0 Å². The summed E-state index contributed by atoms with van der Waals surface area (Å²) in [4.78, 5) is 10.5. The Bertz CT molecular complexity index is 349. The van der Waals surface area contributed by atoms with Crippen molar-refractivity contribution in [2.45, 2.75) is 13.5 Å². The van der Waals surface area contributed by atoms with Crippen LogP contribution < -0.4 is 10.6 Å². The number of hydrogen-bond acceptors (Lipinski definition) is 2. The minimum atomic E-state index is -0.563. The van der Waals surface area contributed by atoms with Gasteiger partial charge in [-0.1, -0.05) is 6.07 Å². The predicted octanol–water partition coefficient (Wildman–Crippen LogP) is 1.19. The molecule has 0 aromatic heterocycles. The van der Waals surface area contributed by atoms with Gasteiger partial charge in [-0.05, 0) is 12.1 Å². The Morgan fingerprint density at radius 1 is 1.25 bits per heavy atom. The van der Waals surface area contributed by atoms with Crippen LogP contribution in [0.2, 0.25) is 0 Å². The van der Waals surface area contributed by atoms with E-state index in [2.05, 4.69) is 10.6 Å². The van der Waals surface area contributed by atoms with E-state index < -0.39 is 11.6 Å². The number of rotatable bonds is 5. The van der Waals surface area contributed by atoms with Gasteiger partial charge in [0.15, 0.2) is 0 Å². The van der Waals surface area contributed by atoms with Gasteiger partial charge in [-0.25, -0.2) is 8.78 Å². The number of benzene rings is 1. The number of nitrogens with one attached hydrogen (secondary N) is 2. The van der Waals surface area contributed by atoms with Gasteiger partial charge in [0.25, 0.3) is 0 Å². The summed E-state index contributed by atoms with van der Waals surface area (Å²) in [6.07, 6.45) is 0. The van der Waals surface area contributed by atoms with Crippen LogP contribution in [0.4, 0.5) is 8.78 Å². The summed E-state index contributed by atoms with van der Waals surface area (Å²) in [5, 5.41) is 5.42. The first-order valence-electron chi connectivity index (χ1n) is 4.99. The Morgan fingerprint density at radius 2 is 1.88 bits per heavy atom. The topological polar surface area (TPSA) is 41.1 Å². The van der Waals surface area contributed by atoms with Gasteiger partial charge in [-0.15, -0.1) is 0 Å². The first-order valence-corrected chi connectivity index (χ1v) is 4.99. The second-order valence-corrected chi connectivity index (χ2v) is 3.36.